The van der Waals surface area contributed by atoms with E-state index in [4.69, 9.17) is 14.2 Å². The average molecular weight is 279 g/mol. The number of ether oxygens (including phenoxy) is 3. The van der Waals surface area contributed by atoms with Crippen LogP contribution >= 0.6 is 0 Å². The van der Waals surface area contributed by atoms with Crippen molar-refractivity contribution in [3.63, 3.8) is 0 Å². The van der Waals surface area contributed by atoms with E-state index >= 15 is 0 Å². The SMILES string of the molecule is COc1cc(CNCC2CCCC2O)cc2c1OCO2. The van der Waals surface area contributed by atoms with E-state index in [9.17, 15) is 5.11 Å². The Bertz CT molecular complexity index is 477. The Morgan fingerprint density at radius 1 is 1.35 bits per heavy atom. The maximum atomic E-state index is 9.80. The average Bonchev–Trinajstić information content (AvgIpc) is 3.07. The smallest absolute Gasteiger partial charge is 0.231 e. The van der Waals surface area contributed by atoms with Crippen molar-refractivity contribution in [2.75, 3.05) is 20.4 Å². The topological polar surface area (TPSA) is 60.0 Å². The number of benzene rings is 1. The predicted octanol–water partition coefficient (Wildman–Crippen LogP) is 1.67. The van der Waals surface area contributed by atoms with Gasteiger partial charge in [0.05, 0.1) is 13.2 Å². The number of hydrogen-bond acceptors (Lipinski definition) is 5. The van der Waals surface area contributed by atoms with Gasteiger partial charge in [0.2, 0.25) is 12.5 Å². The third kappa shape index (κ3) is 2.69. The van der Waals surface area contributed by atoms with Crippen LogP contribution in [0, 0.1) is 5.92 Å². The molecule has 0 bridgehead atoms. The minimum atomic E-state index is -0.145. The summed E-state index contributed by atoms with van der Waals surface area (Å²) in [6.07, 6.45) is 3.03. The van der Waals surface area contributed by atoms with E-state index in [1.165, 1.54) is 0 Å². The molecule has 2 N–H and O–H groups in total. The molecule has 0 spiro atoms. The molecular weight excluding hydrogens is 258 g/mol. The summed E-state index contributed by atoms with van der Waals surface area (Å²) in [6, 6.07) is 3.94. The molecule has 1 aliphatic heterocycles. The van der Waals surface area contributed by atoms with E-state index < -0.39 is 0 Å². The summed E-state index contributed by atoms with van der Waals surface area (Å²) in [5.41, 5.74) is 1.10. The van der Waals surface area contributed by atoms with Crippen LogP contribution < -0.4 is 19.5 Å². The highest BCUT2D eigenvalue weighted by atomic mass is 16.7. The van der Waals surface area contributed by atoms with Crippen molar-refractivity contribution in [1.29, 1.82) is 0 Å². The van der Waals surface area contributed by atoms with Crippen molar-refractivity contribution in [3.05, 3.63) is 17.7 Å². The number of aliphatic hydroxyl groups excluding tert-OH is 1. The molecule has 0 aromatic heterocycles. The molecule has 0 saturated heterocycles. The van der Waals surface area contributed by atoms with Gasteiger partial charge in [-0.3, -0.25) is 0 Å². The highest BCUT2D eigenvalue weighted by Crippen LogP contribution is 2.41. The highest BCUT2D eigenvalue weighted by Gasteiger charge is 2.25. The van der Waals surface area contributed by atoms with Crippen molar-refractivity contribution < 1.29 is 19.3 Å². The lowest BCUT2D eigenvalue weighted by molar-refractivity contribution is 0.131. The van der Waals surface area contributed by atoms with Crippen LogP contribution in [-0.4, -0.2) is 31.7 Å². The number of nitrogens with one attached hydrogen (secondary N) is 1. The van der Waals surface area contributed by atoms with E-state index in [1.54, 1.807) is 7.11 Å². The Morgan fingerprint density at radius 2 is 2.25 bits per heavy atom. The summed E-state index contributed by atoms with van der Waals surface area (Å²) in [5.74, 6) is 2.51. The summed E-state index contributed by atoms with van der Waals surface area (Å²) in [4.78, 5) is 0. The van der Waals surface area contributed by atoms with Crippen LogP contribution in [0.2, 0.25) is 0 Å². The zero-order valence-electron chi connectivity index (χ0n) is 11.7. The van der Waals surface area contributed by atoms with E-state index in [0.717, 1.165) is 43.7 Å². The number of hydrogen-bond donors (Lipinski definition) is 2. The normalized spacial score (nSPS) is 24.1. The highest BCUT2D eigenvalue weighted by molar-refractivity contribution is 5.55. The van der Waals surface area contributed by atoms with Gasteiger partial charge in [0, 0.05) is 13.1 Å². The van der Waals surface area contributed by atoms with Gasteiger partial charge in [0.15, 0.2) is 11.5 Å². The first-order chi connectivity index (χ1) is 9.78. The van der Waals surface area contributed by atoms with Gasteiger partial charge in [-0.1, -0.05) is 6.42 Å². The van der Waals surface area contributed by atoms with Gasteiger partial charge in [-0.2, -0.15) is 0 Å². The van der Waals surface area contributed by atoms with Gasteiger partial charge >= 0.3 is 0 Å². The molecule has 2 unspecified atom stereocenters. The first-order valence-electron chi connectivity index (χ1n) is 7.13. The second-order valence-electron chi connectivity index (χ2n) is 5.42. The lowest BCUT2D eigenvalue weighted by Crippen LogP contribution is -2.27. The van der Waals surface area contributed by atoms with Crippen molar-refractivity contribution in [3.8, 4) is 17.2 Å². The fourth-order valence-electron chi connectivity index (χ4n) is 2.94. The largest absolute Gasteiger partial charge is 0.493 e. The van der Waals surface area contributed by atoms with Crippen LogP contribution in [0.15, 0.2) is 12.1 Å². The van der Waals surface area contributed by atoms with Gasteiger partial charge in [-0.25, -0.2) is 0 Å². The molecule has 1 aliphatic carbocycles. The maximum Gasteiger partial charge on any atom is 0.231 e. The van der Waals surface area contributed by atoms with E-state index in [1.807, 2.05) is 12.1 Å². The summed E-state index contributed by atoms with van der Waals surface area (Å²) < 4.78 is 16.1. The van der Waals surface area contributed by atoms with E-state index in [-0.39, 0.29) is 12.9 Å². The Kier molecular flexibility index (Phi) is 3.98. The molecule has 110 valence electrons. The molecular formula is C15H21NO4. The Hall–Kier alpha value is -1.46. The standard InChI is InChI=1S/C15H21NO4/c1-18-13-5-10(6-14-15(13)20-9-19-14)7-16-8-11-3-2-4-12(11)17/h5-6,11-12,16-17H,2-4,7-9H2,1H3. The first kappa shape index (κ1) is 13.5. The van der Waals surface area contributed by atoms with Gasteiger partial charge in [0.1, 0.15) is 0 Å². The molecule has 1 heterocycles. The van der Waals surface area contributed by atoms with E-state index in [0.29, 0.717) is 17.4 Å². The Morgan fingerprint density at radius 3 is 3.00 bits per heavy atom. The third-order valence-corrected chi connectivity index (χ3v) is 4.07. The molecule has 1 aromatic rings. The van der Waals surface area contributed by atoms with E-state index in [2.05, 4.69) is 5.32 Å². The summed E-state index contributed by atoms with van der Waals surface area (Å²) in [7, 11) is 1.63. The first-order valence-corrected chi connectivity index (χ1v) is 7.13. The zero-order valence-corrected chi connectivity index (χ0v) is 11.7. The van der Waals surface area contributed by atoms with Gasteiger partial charge < -0.3 is 24.6 Å². The van der Waals surface area contributed by atoms with Crippen molar-refractivity contribution >= 4 is 0 Å². The van der Waals surface area contributed by atoms with Crippen molar-refractivity contribution in [1.82, 2.24) is 5.32 Å². The van der Waals surface area contributed by atoms with Crippen molar-refractivity contribution in [2.24, 2.45) is 5.92 Å². The second-order valence-corrected chi connectivity index (χ2v) is 5.42. The molecule has 3 rings (SSSR count). The lowest BCUT2D eigenvalue weighted by Gasteiger charge is -2.15. The maximum absolute atomic E-state index is 9.80. The molecule has 2 aliphatic rings. The fraction of sp³-hybridized carbons (Fsp3) is 0.600. The zero-order chi connectivity index (χ0) is 13.9. The second kappa shape index (κ2) is 5.89. The summed E-state index contributed by atoms with van der Waals surface area (Å²) in [5, 5.41) is 13.2. The van der Waals surface area contributed by atoms with Gasteiger partial charge in [-0.15, -0.1) is 0 Å². The van der Waals surface area contributed by atoms with Crippen molar-refractivity contribution in [2.45, 2.75) is 31.9 Å². The molecule has 20 heavy (non-hydrogen) atoms. The van der Waals surface area contributed by atoms with Crippen LogP contribution in [0.3, 0.4) is 0 Å². The minimum absolute atomic E-state index is 0.145. The monoisotopic (exact) mass is 279 g/mol. The molecule has 1 aromatic carbocycles. The molecule has 0 radical (unpaired) electrons. The minimum Gasteiger partial charge on any atom is -0.493 e. The van der Waals surface area contributed by atoms with Crippen LogP contribution in [0.1, 0.15) is 24.8 Å². The summed E-state index contributed by atoms with van der Waals surface area (Å²) >= 11 is 0. The van der Waals surface area contributed by atoms with Crippen LogP contribution in [0.5, 0.6) is 17.2 Å². The third-order valence-electron chi connectivity index (χ3n) is 4.07. The molecule has 2 atom stereocenters. The molecule has 1 fully saturated rings. The van der Waals surface area contributed by atoms with Gasteiger partial charge in [-0.05, 0) is 36.5 Å². The molecule has 5 nitrogen and oxygen atoms in total. The van der Waals surface area contributed by atoms with Gasteiger partial charge in [0.25, 0.3) is 0 Å². The quantitative estimate of drug-likeness (QED) is 0.858. The number of aliphatic hydroxyl groups is 1. The summed E-state index contributed by atoms with van der Waals surface area (Å²) in [6.45, 7) is 1.82. The predicted molar refractivity (Wildman–Crippen MR) is 74.2 cm³/mol. The Balaban J connectivity index is 1.60. The fourth-order valence-corrected chi connectivity index (χ4v) is 2.94. The lowest BCUT2D eigenvalue weighted by atomic mass is 10.1. The van der Waals surface area contributed by atoms with Crippen LogP contribution in [-0.2, 0) is 6.54 Å². The number of methoxy groups -OCH3 is 1. The van der Waals surface area contributed by atoms with Crippen LogP contribution in [0.25, 0.3) is 0 Å². The number of fused-ring (bicyclic) bond motifs is 1. The van der Waals surface area contributed by atoms with Crippen LogP contribution in [0.4, 0.5) is 0 Å². The Labute approximate surface area is 118 Å². The molecule has 5 heteroatoms. The molecule has 0 amide bonds. The number of rotatable bonds is 5. The molecule has 1 saturated carbocycles.